The van der Waals surface area contributed by atoms with Crippen molar-refractivity contribution in [1.82, 2.24) is 20.2 Å². The SMILES string of the molecule is CC(C)n1nnnc1SCc1ccc(OC(F)(F)F)cc1. The molecule has 0 spiro atoms. The minimum Gasteiger partial charge on any atom is -0.406 e. The predicted octanol–water partition coefficient (Wildman–Crippen LogP) is 3.44. The number of nitrogens with zero attached hydrogens (tertiary/aromatic N) is 4. The van der Waals surface area contributed by atoms with Crippen LogP contribution in [-0.4, -0.2) is 26.6 Å². The van der Waals surface area contributed by atoms with E-state index < -0.39 is 6.36 Å². The second-order valence-electron chi connectivity index (χ2n) is 4.48. The first-order valence-electron chi connectivity index (χ1n) is 6.10. The number of halogens is 3. The summed E-state index contributed by atoms with van der Waals surface area (Å²) in [7, 11) is 0. The molecule has 1 aromatic heterocycles. The summed E-state index contributed by atoms with van der Waals surface area (Å²) in [5.74, 6) is 0.322. The lowest BCUT2D eigenvalue weighted by atomic mass is 10.2. The molecule has 0 saturated carbocycles. The lowest BCUT2D eigenvalue weighted by Crippen LogP contribution is -2.16. The van der Waals surface area contributed by atoms with Gasteiger partial charge in [-0.2, -0.15) is 0 Å². The number of rotatable bonds is 5. The van der Waals surface area contributed by atoms with Crippen LogP contribution in [0.15, 0.2) is 29.4 Å². The molecule has 0 aliphatic carbocycles. The second kappa shape index (κ2) is 6.33. The molecule has 0 N–H and O–H groups in total. The molecule has 0 atom stereocenters. The van der Waals surface area contributed by atoms with Crippen molar-refractivity contribution in [3.05, 3.63) is 29.8 Å². The Bertz CT molecular complexity index is 583. The molecule has 1 aromatic carbocycles. The highest BCUT2D eigenvalue weighted by molar-refractivity contribution is 7.98. The molecule has 114 valence electrons. The largest absolute Gasteiger partial charge is 0.573 e. The Morgan fingerprint density at radius 3 is 2.48 bits per heavy atom. The maximum absolute atomic E-state index is 12.0. The van der Waals surface area contributed by atoms with Crippen LogP contribution in [0.1, 0.15) is 25.5 Å². The van der Waals surface area contributed by atoms with Crippen LogP contribution in [0, 0.1) is 0 Å². The van der Waals surface area contributed by atoms with Gasteiger partial charge in [0.2, 0.25) is 5.16 Å². The zero-order valence-electron chi connectivity index (χ0n) is 11.3. The molecule has 0 aliphatic heterocycles. The van der Waals surface area contributed by atoms with E-state index in [1.165, 1.54) is 23.9 Å². The van der Waals surface area contributed by atoms with Crippen LogP contribution in [0.2, 0.25) is 0 Å². The van der Waals surface area contributed by atoms with Gasteiger partial charge in [0.1, 0.15) is 5.75 Å². The first-order valence-corrected chi connectivity index (χ1v) is 7.09. The summed E-state index contributed by atoms with van der Waals surface area (Å²) in [5, 5.41) is 12.1. The fourth-order valence-electron chi connectivity index (χ4n) is 1.54. The summed E-state index contributed by atoms with van der Waals surface area (Å²) in [6.07, 6.45) is -4.67. The number of thioether (sulfide) groups is 1. The van der Waals surface area contributed by atoms with Gasteiger partial charge in [0.25, 0.3) is 0 Å². The van der Waals surface area contributed by atoms with Gasteiger partial charge >= 0.3 is 6.36 Å². The van der Waals surface area contributed by atoms with E-state index in [1.807, 2.05) is 13.8 Å². The van der Waals surface area contributed by atoms with E-state index in [4.69, 9.17) is 0 Å². The van der Waals surface area contributed by atoms with Gasteiger partial charge in [0, 0.05) is 5.75 Å². The van der Waals surface area contributed by atoms with Gasteiger partial charge in [-0.1, -0.05) is 23.9 Å². The van der Waals surface area contributed by atoms with E-state index in [9.17, 15) is 13.2 Å². The number of aromatic nitrogens is 4. The molecule has 2 aromatic rings. The molecule has 0 amide bonds. The Labute approximate surface area is 123 Å². The van der Waals surface area contributed by atoms with Crippen molar-refractivity contribution in [1.29, 1.82) is 0 Å². The summed E-state index contributed by atoms with van der Waals surface area (Å²) in [6.45, 7) is 3.92. The van der Waals surface area contributed by atoms with Gasteiger partial charge in [0.05, 0.1) is 6.04 Å². The third-order valence-corrected chi connectivity index (χ3v) is 3.48. The van der Waals surface area contributed by atoms with Crippen LogP contribution in [0.3, 0.4) is 0 Å². The van der Waals surface area contributed by atoms with Crippen molar-refractivity contribution in [2.45, 2.75) is 37.2 Å². The van der Waals surface area contributed by atoms with E-state index in [0.717, 1.165) is 5.56 Å². The van der Waals surface area contributed by atoms with Gasteiger partial charge in [-0.15, -0.1) is 18.3 Å². The molecule has 2 rings (SSSR count). The van der Waals surface area contributed by atoms with Crippen molar-refractivity contribution >= 4 is 11.8 Å². The molecule has 9 heteroatoms. The lowest BCUT2D eigenvalue weighted by molar-refractivity contribution is -0.274. The molecule has 0 aliphatic rings. The Kier molecular flexibility index (Phi) is 4.71. The Balaban J connectivity index is 1.96. The normalized spacial score (nSPS) is 11.9. The van der Waals surface area contributed by atoms with E-state index >= 15 is 0 Å². The van der Waals surface area contributed by atoms with Gasteiger partial charge in [-0.05, 0) is 42.0 Å². The van der Waals surface area contributed by atoms with Crippen LogP contribution in [0.25, 0.3) is 0 Å². The molecule has 0 unspecified atom stereocenters. The highest BCUT2D eigenvalue weighted by Gasteiger charge is 2.30. The predicted molar refractivity (Wildman–Crippen MR) is 70.9 cm³/mol. The molecule has 0 radical (unpaired) electrons. The second-order valence-corrected chi connectivity index (χ2v) is 5.42. The Morgan fingerprint density at radius 1 is 1.24 bits per heavy atom. The number of alkyl halides is 3. The van der Waals surface area contributed by atoms with E-state index in [-0.39, 0.29) is 11.8 Å². The minimum atomic E-state index is -4.67. The average molecular weight is 318 g/mol. The van der Waals surface area contributed by atoms with Crippen molar-refractivity contribution in [2.75, 3.05) is 0 Å². The maximum Gasteiger partial charge on any atom is 0.573 e. The average Bonchev–Trinajstić information content (AvgIpc) is 2.84. The molecule has 0 fully saturated rings. The van der Waals surface area contributed by atoms with Crippen LogP contribution in [0.5, 0.6) is 5.75 Å². The topological polar surface area (TPSA) is 52.8 Å². The quantitative estimate of drug-likeness (QED) is 0.790. The fourth-order valence-corrected chi connectivity index (χ4v) is 2.50. The van der Waals surface area contributed by atoms with Crippen LogP contribution in [0.4, 0.5) is 13.2 Å². The Morgan fingerprint density at radius 2 is 1.90 bits per heavy atom. The first-order chi connectivity index (χ1) is 9.85. The maximum atomic E-state index is 12.0. The molecule has 0 saturated heterocycles. The molecule has 21 heavy (non-hydrogen) atoms. The van der Waals surface area contributed by atoms with Gasteiger partial charge in [-0.3, -0.25) is 0 Å². The summed E-state index contributed by atoms with van der Waals surface area (Å²) < 4.78 is 41.6. The van der Waals surface area contributed by atoms with Gasteiger partial charge < -0.3 is 4.74 Å². The first kappa shape index (κ1) is 15.6. The van der Waals surface area contributed by atoms with Crippen LogP contribution >= 0.6 is 11.8 Å². The summed E-state index contributed by atoms with van der Waals surface area (Å²) in [4.78, 5) is 0. The molecule has 5 nitrogen and oxygen atoms in total. The standard InChI is InChI=1S/C12H13F3N4OS/c1-8(2)19-11(16-17-18-19)21-7-9-3-5-10(6-4-9)20-12(13,14)15/h3-6,8H,7H2,1-2H3. The summed E-state index contributed by atoms with van der Waals surface area (Å²) in [6, 6.07) is 5.88. The van der Waals surface area contributed by atoms with Crippen molar-refractivity contribution in [3.8, 4) is 5.75 Å². The van der Waals surface area contributed by atoms with E-state index in [1.54, 1.807) is 16.8 Å². The highest BCUT2D eigenvalue weighted by Crippen LogP contribution is 2.26. The van der Waals surface area contributed by atoms with Crippen molar-refractivity contribution in [3.63, 3.8) is 0 Å². The van der Waals surface area contributed by atoms with Crippen molar-refractivity contribution < 1.29 is 17.9 Å². The molecular formula is C12H13F3N4OS. The summed E-state index contributed by atoms with van der Waals surface area (Å²) >= 11 is 1.42. The molecule has 0 bridgehead atoms. The number of hydrogen-bond donors (Lipinski definition) is 0. The van der Waals surface area contributed by atoms with E-state index in [2.05, 4.69) is 20.3 Å². The zero-order chi connectivity index (χ0) is 15.5. The molecular weight excluding hydrogens is 305 g/mol. The fraction of sp³-hybridized carbons (Fsp3) is 0.417. The van der Waals surface area contributed by atoms with Crippen molar-refractivity contribution in [2.24, 2.45) is 0 Å². The number of hydrogen-bond acceptors (Lipinski definition) is 5. The van der Waals surface area contributed by atoms with Gasteiger partial charge in [0.15, 0.2) is 0 Å². The zero-order valence-corrected chi connectivity index (χ0v) is 12.1. The minimum absolute atomic E-state index is 0.144. The van der Waals surface area contributed by atoms with Crippen LogP contribution in [-0.2, 0) is 5.75 Å². The Hall–Kier alpha value is -1.77. The van der Waals surface area contributed by atoms with Crippen LogP contribution < -0.4 is 4.74 Å². The number of benzene rings is 1. The number of ether oxygens (including phenoxy) is 1. The summed E-state index contributed by atoms with van der Waals surface area (Å²) in [5.41, 5.74) is 0.854. The molecule has 1 heterocycles. The third kappa shape index (κ3) is 4.62. The number of tetrazole rings is 1. The van der Waals surface area contributed by atoms with Gasteiger partial charge in [-0.25, -0.2) is 4.68 Å². The van der Waals surface area contributed by atoms with E-state index in [0.29, 0.717) is 10.9 Å². The monoisotopic (exact) mass is 318 g/mol. The lowest BCUT2D eigenvalue weighted by Gasteiger charge is -2.09. The smallest absolute Gasteiger partial charge is 0.406 e. The highest BCUT2D eigenvalue weighted by atomic mass is 32.2. The third-order valence-electron chi connectivity index (χ3n) is 2.48.